The van der Waals surface area contributed by atoms with E-state index in [0.717, 1.165) is 24.8 Å². The predicted octanol–water partition coefficient (Wildman–Crippen LogP) is 3.08. The minimum atomic E-state index is -3.73. The van der Waals surface area contributed by atoms with Crippen molar-refractivity contribution in [2.45, 2.75) is 43.5 Å². The Balaban J connectivity index is 1.58. The van der Waals surface area contributed by atoms with E-state index < -0.39 is 21.5 Å². The average Bonchev–Trinajstić information content (AvgIpc) is 2.87. The van der Waals surface area contributed by atoms with Crippen LogP contribution in [0.3, 0.4) is 0 Å². The van der Waals surface area contributed by atoms with E-state index in [4.69, 9.17) is 9.47 Å². The van der Waals surface area contributed by atoms with E-state index >= 15 is 0 Å². The van der Waals surface area contributed by atoms with Crippen LogP contribution in [0.15, 0.2) is 52.2 Å². The fraction of sp³-hybridized carbons (Fsp3) is 0.385. The van der Waals surface area contributed by atoms with Crippen molar-refractivity contribution in [3.63, 3.8) is 0 Å². The Morgan fingerprint density at radius 3 is 2.58 bits per heavy atom. The van der Waals surface area contributed by atoms with Crippen molar-refractivity contribution >= 4 is 26.8 Å². The lowest BCUT2D eigenvalue weighted by atomic mass is 10.1. The molecule has 1 atom stereocenters. The van der Waals surface area contributed by atoms with Crippen LogP contribution in [0.2, 0.25) is 0 Å². The number of pyridine rings is 1. The summed E-state index contributed by atoms with van der Waals surface area (Å²) in [7, 11) is -0.613. The first-order valence-corrected chi connectivity index (χ1v) is 13.4. The van der Waals surface area contributed by atoms with Gasteiger partial charge < -0.3 is 19.8 Å². The van der Waals surface area contributed by atoms with Crippen LogP contribution < -0.4 is 20.3 Å². The van der Waals surface area contributed by atoms with E-state index in [1.54, 1.807) is 26.4 Å². The molecular formula is C26H31N3O6S. The van der Waals surface area contributed by atoms with Gasteiger partial charge in [-0.1, -0.05) is 12.5 Å². The number of nitrogens with zero attached hydrogens (tertiary/aromatic N) is 1. The number of H-pyrrole nitrogens is 1. The number of methoxy groups -OCH3 is 2. The Morgan fingerprint density at radius 1 is 1.08 bits per heavy atom. The highest BCUT2D eigenvalue weighted by molar-refractivity contribution is 7.89. The molecule has 1 aromatic heterocycles. The number of benzene rings is 2. The molecule has 1 aliphatic heterocycles. The van der Waals surface area contributed by atoms with Crippen LogP contribution in [0.5, 0.6) is 11.5 Å². The number of carbonyl (C=O) groups excluding carboxylic acids is 1. The number of hydrogen-bond acceptors (Lipinski definition) is 6. The van der Waals surface area contributed by atoms with Gasteiger partial charge in [0.05, 0.1) is 24.7 Å². The molecule has 1 fully saturated rings. The van der Waals surface area contributed by atoms with Gasteiger partial charge in [-0.25, -0.2) is 8.42 Å². The van der Waals surface area contributed by atoms with Gasteiger partial charge in [0.2, 0.25) is 15.6 Å². The molecule has 1 unspecified atom stereocenters. The summed E-state index contributed by atoms with van der Waals surface area (Å²) >= 11 is 0. The fourth-order valence-electron chi connectivity index (χ4n) is 4.60. The van der Waals surface area contributed by atoms with Gasteiger partial charge in [0.1, 0.15) is 0 Å². The topological polar surface area (TPSA) is 118 Å². The molecule has 0 saturated carbocycles. The first-order valence-electron chi connectivity index (χ1n) is 11.9. The third kappa shape index (κ3) is 5.24. The summed E-state index contributed by atoms with van der Waals surface area (Å²) in [6.45, 7) is 2.69. The lowest BCUT2D eigenvalue weighted by molar-refractivity contribution is 0.0955. The number of nitrogens with one attached hydrogen (secondary N) is 2. The monoisotopic (exact) mass is 513 g/mol. The molecular weight excluding hydrogens is 482 g/mol. The molecule has 1 aliphatic rings. The highest BCUT2D eigenvalue weighted by Gasteiger charge is 2.31. The number of carbonyl (C=O) groups is 1. The van der Waals surface area contributed by atoms with Crippen molar-refractivity contribution < 1.29 is 22.7 Å². The maximum absolute atomic E-state index is 13.4. The van der Waals surface area contributed by atoms with Gasteiger partial charge in [-0.05, 0) is 62.1 Å². The smallest absolute Gasteiger partial charge is 0.252 e. The van der Waals surface area contributed by atoms with Crippen molar-refractivity contribution in [2.24, 2.45) is 0 Å². The SMILES string of the molecule is COc1ccc(CCNC(=O)c2cc(=O)[nH]c3ccc(S(=O)(=O)N4CCCCC4C)cc23)cc1OC. The van der Waals surface area contributed by atoms with Gasteiger partial charge in [0.25, 0.3) is 5.91 Å². The molecule has 0 radical (unpaired) electrons. The summed E-state index contributed by atoms with van der Waals surface area (Å²) in [5, 5.41) is 3.22. The molecule has 3 aromatic rings. The highest BCUT2D eigenvalue weighted by Crippen LogP contribution is 2.29. The average molecular weight is 514 g/mol. The van der Waals surface area contributed by atoms with Crippen LogP contribution >= 0.6 is 0 Å². The van der Waals surface area contributed by atoms with Crippen molar-refractivity contribution in [3.8, 4) is 11.5 Å². The van der Waals surface area contributed by atoms with Crippen molar-refractivity contribution in [1.82, 2.24) is 14.6 Å². The number of rotatable bonds is 8. The van der Waals surface area contributed by atoms with Gasteiger partial charge in [0, 0.05) is 36.1 Å². The Bertz CT molecular complexity index is 1430. The molecule has 2 heterocycles. The predicted molar refractivity (Wildman–Crippen MR) is 137 cm³/mol. The molecule has 1 saturated heterocycles. The number of sulfonamides is 1. The maximum Gasteiger partial charge on any atom is 0.252 e. The summed E-state index contributed by atoms with van der Waals surface area (Å²) in [4.78, 5) is 28.1. The lowest BCUT2D eigenvalue weighted by Crippen LogP contribution is -2.41. The number of hydrogen-bond donors (Lipinski definition) is 2. The van der Waals surface area contributed by atoms with Crippen LogP contribution in [0.1, 0.15) is 42.1 Å². The molecule has 1 amide bonds. The molecule has 4 rings (SSSR count). The van der Waals surface area contributed by atoms with Crippen molar-refractivity contribution in [2.75, 3.05) is 27.3 Å². The summed E-state index contributed by atoms with van der Waals surface area (Å²) in [6.07, 6.45) is 3.16. The molecule has 2 N–H and O–H groups in total. The zero-order valence-corrected chi connectivity index (χ0v) is 21.5. The molecule has 0 aliphatic carbocycles. The second-order valence-electron chi connectivity index (χ2n) is 8.91. The quantitative estimate of drug-likeness (QED) is 0.478. The molecule has 36 heavy (non-hydrogen) atoms. The Kier molecular flexibility index (Phi) is 7.65. The summed E-state index contributed by atoms with van der Waals surface area (Å²) < 4.78 is 38.8. The summed E-state index contributed by atoms with van der Waals surface area (Å²) in [5.41, 5.74) is 1.03. The van der Waals surface area contributed by atoms with Gasteiger partial charge in [-0.3, -0.25) is 9.59 Å². The summed E-state index contributed by atoms with van der Waals surface area (Å²) in [6, 6.07) is 11.1. The standard InChI is InChI=1S/C26H31N3O6S/c1-17-6-4-5-13-29(17)36(32,33)19-8-9-22-20(15-19)21(16-25(30)28-22)26(31)27-12-11-18-7-10-23(34-2)24(14-18)35-3/h7-10,14-17H,4-6,11-13H2,1-3H3,(H,27,31)(H,28,30). The van der Waals surface area contributed by atoms with Gasteiger partial charge >= 0.3 is 0 Å². The zero-order chi connectivity index (χ0) is 25.9. The third-order valence-corrected chi connectivity index (χ3v) is 8.56. The van der Waals surface area contributed by atoms with Crippen LogP contribution in [0.25, 0.3) is 10.9 Å². The number of fused-ring (bicyclic) bond motifs is 1. The third-order valence-electron chi connectivity index (χ3n) is 6.55. The van der Waals surface area contributed by atoms with Gasteiger partial charge in [-0.2, -0.15) is 4.31 Å². The molecule has 192 valence electrons. The summed E-state index contributed by atoms with van der Waals surface area (Å²) in [5.74, 6) is 0.760. The Hall–Kier alpha value is -3.37. The van der Waals surface area contributed by atoms with E-state index in [0.29, 0.717) is 41.9 Å². The minimum Gasteiger partial charge on any atom is -0.493 e. The van der Waals surface area contributed by atoms with Gasteiger partial charge in [0.15, 0.2) is 11.5 Å². The van der Waals surface area contributed by atoms with Crippen molar-refractivity contribution in [1.29, 1.82) is 0 Å². The molecule has 2 aromatic carbocycles. The van der Waals surface area contributed by atoms with E-state index in [9.17, 15) is 18.0 Å². The fourth-order valence-corrected chi connectivity index (χ4v) is 6.32. The molecule has 9 nitrogen and oxygen atoms in total. The van der Waals surface area contributed by atoms with E-state index in [-0.39, 0.29) is 16.5 Å². The molecule has 0 bridgehead atoms. The molecule has 10 heteroatoms. The maximum atomic E-state index is 13.4. The van der Waals surface area contributed by atoms with Crippen LogP contribution in [-0.4, -0.2) is 57.0 Å². The Labute approximate surface area is 210 Å². The van der Waals surface area contributed by atoms with Crippen LogP contribution in [-0.2, 0) is 16.4 Å². The second-order valence-corrected chi connectivity index (χ2v) is 10.8. The zero-order valence-electron chi connectivity index (χ0n) is 20.7. The second kappa shape index (κ2) is 10.7. The minimum absolute atomic E-state index is 0.0885. The first-order chi connectivity index (χ1) is 17.2. The van der Waals surface area contributed by atoms with Crippen molar-refractivity contribution in [3.05, 3.63) is 63.9 Å². The number of aromatic amines is 1. The van der Waals surface area contributed by atoms with Gasteiger partial charge in [-0.15, -0.1) is 0 Å². The number of aromatic nitrogens is 1. The largest absolute Gasteiger partial charge is 0.493 e. The number of amides is 1. The lowest BCUT2D eigenvalue weighted by Gasteiger charge is -2.32. The number of piperidine rings is 1. The highest BCUT2D eigenvalue weighted by atomic mass is 32.2. The number of ether oxygens (including phenoxy) is 2. The molecule has 0 spiro atoms. The van der Waals surface area contributed by atoms with Crippen LogP contribution in [0, 0.1) is 0 Å². The normalized spacial score (nSPS) is 16.6. The van der Waals surface area contributed by atoms with Crippen LogP contribution in [0.4, 0.5) is 0 Å². The Morgan fingerprint density at radius 2 is 1.86 bits per heavy atom. The first kappa shape index (κ1) is 25.7. The van der Waals surface area contributed by atoms with E-state index in [2.05, 4.69) is 10.3 Å². The van der Waals surface area contributed by atoms with E-state index in [1.165, 1.54) is 22.5 Å². The van der Waals surface area contributed by atoms with E-state index in [1.807, 2.05) is 19.1 Å².